The van der Waals surface area contributed by atoms with Gasteiger partial charge in [0.2, 0.25) is 6.79 Å². The molecule has 3 saturated carbocycles. The second-order valence-corrected chi connectivity index (χ2v) is 12.0. The van der Waals surface area contributed by atoms with Gasteiger partial charge in [-0.05, 0) is 111 Å². The van der Waals surface area contributed by atoms with Crippen LogP contribution in [-0.4, -0.2) is 18.4 Å². The van der Waals surface area contributed by atoms with Crippen LogP contribution in [-0.2, 0) is 16.0 Å². The third kappa shape index (κ3) is 3.38. The van der Waals surface area contributed by atoms with Crippen molar-refractivity contribution >= 4 is 11.6 Å². The first kappa shape index (κ1) is 22.4. The topological polar surface area (TPSA) is 52.6 Å². The van der Waals surface area contributed by atoms with Crippen molar-refractivity contribution < 1.29 is 19.1 Å². The molecule has 0 N–H and O–H groups in total. The van der Waals surface area contributed by atoms with Gasteiger partial charge < -0.3 is 9.47 Å². The number of ether oxygens (including phenoxy) is 2. The first-order valence-corrected chi connectivity index (χ1v) is 13.5. The highest BCUT2D eigenvalue weighted by Crippen LogP contribution is 2.67. The molecule has 6 atom stereocenters. The summed E-state index contributed by atoms with van der Waals surface area (Å²) in [6.45, 7) is 4.60. The highest BCUT2D eigenvalue weighted by atomic mass is 16.7. The molecule has 4 nitrogen and oxygen atoms in total. The molecule has 0 bridgehead atoms. The van der Waals surface area contributed by atoms with E-state index in [0.717, 1.165) is 56.4 Å². The number of hydrogen-bond acceptors (Lipinski definition) is 4. The minimum atomic E-state index is 0.162. The number of rotatable bonds is 5. The van der Waals surface area contributed by atoms with Crippen LogP contribution in [0.2, 0.25) is 0 Å². The number of carbonyl (C=O) groups excluding carboxylic acids is 2. The lowest BCUT2D eigenvalue weighted by Crippen LogP contribution is -2.51. The van der Waals surface area contributed by atoms with E-state index in [1.165, 1.54) is 30.4 Å². The average molecular weight is 463 g/mol. The van der Waals surface area contributed by atoms with Gasteiger partial charge in [0, 0.05) is 18.8 Å². The van der Waals surface area contributed by atoms with Crippen LogP contribution in [0.15, 0.2) is 29.8 Å². The number of fused-ring (bicyclic) bond motifs is 6. The molecule has 0 unspecified atom stereocenters. The van der Waals surface area contributed by atoms with E-state index in [1.54, 1.807) is 0 Å². The molecule has 5 aliphatic rings. The van der Waals surface area contributed by atoms with Crippen LogP contribution in [0, 0.1) is 34.5 Å². The minimum absolute atomic E-state index is 0.162. The van der Waals surface area contributed by atoms with Gasteiger partial charge in [0.05, 0.1) is 0 Å². The smallest absolute Gasteiger partial charge is 0.231 e. The van der Waals surface area contributed by atoms with Gasteiger partial charge in [-0.3, -0.25) is 9.59 Å². The molecule has 0 radical (unpaired) electrons. The predicted molar refractivity (Wildman–Crippen MR) is 131 cm³/mol. The van der Waals surface area contributed by atoms with E-state index in [2.05, 4.69) is 25.1 Å². The molecule has 1 aliphatic heterocycles. The van der Waals surface area contributed by atoms with Crippen LogP contribution < -0.4 is 9.47 Å². The molecule has 1 aromatic rings. The Bertz CT molecular complexity index is 1040. The number of benzene rings is 1. The van der Waals surface area contributed by atoms with E-state index in [9.17, 15) is 9.59 Å². The first-order chi connectivity index (χ1) is 16.4. The number of hydrogen-bond donors (Lipinski definition) is 0. The van der Waals surface area contributed by atoms with Crippen LogP contribution in [0.1, 0.15) is 83.6 Å². The fourth-order valence-corrected chi connectivity index (χ4v) is 9.10. The van der Waals surface area contributed by atoms with Gasteiger partial charge >= 0.3 is 0 Å². The van der Waals surface area contributed by atoms with E-state index in [4.69, 9.17) is 9.47 Å². The van der Waals surface area contributed by atoms with Crippen molar-refractivity contribution in [3.8, 4) is 11.5 Å². The molecule has 182 valence electrons. The van der Waals surface area contributed by atoms with Crippen LogP contribution in [0.5, 0.6) is 11.5 Å². The molecule has 4 heteroatoms. The molecule has 0 spiro atoms. The Kier molecular flexibility index (Phi) is 5.42. The van der Waals surface area contributed by atoms with Crippen molar-refractivity contribution in [2.24, 2.45) is 34.5 Å². The van der Waals surface area contributed by atoms with E-state index < -0.39 is 0 Å². The van der Waals surface area contributed by atoms with Crippen LogP contribution in [0.25, 0.3) is 0 Å². The largest absolute Gasteiger partial charge is 0.454 e. The first-order valence-electron chi connectivity index (χ1n) is 13.5. The number of aryl methyl sites for hydroxylation is 1. The Balaban J connectivity index is 1.23. The summed E-state index contributed by atoms with van der Waals surface area (Å²) in [5.74, 6) is 4.75. The normalized spacial score (nSPS) is 38.1. The fraction of sp³-hybridized carbons (Fsp3) is 0.667. The van der Waals surface area contributed by atoms with Gasteiger partial charge in [-0.25, -0.2) is 0 Å². The third-order valence-electron chi connectivity index (χ3n) is 10.7. The lowest BCUT2D eigenvalue weighted by molar-refractivity contribution is -0.130. The van der Waals surface area contributed by atoms with E-state index in [-0.39, 0.29) is 16.7 Å². The van der Waals surface area contributed by atoms with E-state index in [0.29, 0.717) is 42.5 Å². The highest BCUT2D eigenvalue weighted by molar-refractivity contribution is 5.82. The quantitative estimate of drug-likeness (QED) is 0.472. The Morgan fingerprint density at radius 3 is 2.79 bits per heavy atom. The summed E-state index contributed by atoms with van der Waals surface area (Å²) in [5.41, 5.74) is 3.09. The number of Topliss-reactive ketones (excluding diaryl/α,β-unsaturated/α-hetero) is 2. The molecular formula is C30H38O4. The zero-order valence-corrected chi connectivity index (χ0v) is 20.7. The molecule has 4 aliphatic carbocycles. The molecule has 0 aromatic heterocycles. The molecule has 0 amide bonds. The summed E-state index contributed by atoms with van der Waals surface area (Å²) in [6, 6.07) is 6.32. The van der Waals surface area contributed by atoms with Crippen molar-refractivity contribution in [3.63, 3.8) is 0 Å². The van der Waals surface area contributed by atoms with E-state index >= 15 is 0 Å². The van der Waals surface area contributed by atoms with Crippen molar-refractivity contribution in [1.82, 2.24) is 0 Å². The lowest BCUT2D eigenvalue weighted by Gasteiger charge is -2.58. The van der Waals surface area contributed by atoms with Crippen molar-refractivity contribution in [2.45, 2.75) is 84.5 Å². The lowest BCUT2D eigenvalue weighted by atomic mass is 9.46. The van der Waals surface area contributed by atoms with Gasteiger partial charge in [-0.1, -0.05) is 24.6 Å². The predicted octanol–water partition coefficient (Wildman–Crippen LogP) is 6.46. The minimum Gasteiger partial charge on any atom is -0.454 e. The van der Waals surface area contributed by atoms with Gasteiger partial charge in [0.15, 0.2) is 11.5 Å². The van der Waals surface area contributed by atoms with E-state index in [1.807, 2.05) is 13.0 Å². The van der Waals surface area contributed by atoms with Crippen molar-refractivity contribution in [3.05, 3.63) is 35.4 Å². The summed E-state index contributed by atoms with van der Waals surface area (Å²) in [4.78, 5) is 25.1. The molecule has 6 rings (SSSR count). The van der Waals surface area contributed by atoms with Crippen molar-refractivity contribution in [2.75, 3.05) is 6.79 Å². The molecule has 0 saturated heterocycles. The summed E-state index contributed by atoms with van der Waals surface area (Å²) >= 11 is 0. The van der Waals surface area contributed by atoms with Gasteiger partial charge in [-0.15, -0.1) is 0 Å². The number of ketones is 2. The van der Waals surface area contributed by atoms with Gasteiger partial charge in [0.25, 0.3) is 0 Å². The van der Waals surface area contributed by atoms with Crippen LogP contribution in [0.4, 0.5) is 0 Å². The molecule has 1 aromatic carbocycles. The van der Waals surface area contributed by atoms with Crippen LogP contribution >= 0.6 is 0 Å². The number of carbonyl (C=O) groups is 2. The van der Waals surface area contributed by atoms with Gasteiger partial charge in [-0.2, -0.15) is 0 Å². The second kappa shape index (κ2) is 8.24. The summed E-state index contributed by atoms with van der Waals surface area (Å²) in [5, 5.41) is 0. The maximum Gasteiger partial charge on any atom is 0.231 e. The van der Waals surface area contributed by atoms with Gasteiger partial charge in [0.1, 0.15) is 11.6 Å². The SMILES string of the molecule is CC(=O)[C@H]1CC[C@H]2[C@@H]3CC=C4CC(=O)CC[C@@]4(C)[C@@H]3CC[C@]12CCCc1ccc2c(c1)OCO2. The summed E-state index contributed by atoms with van der Waals surface area (Å²) in [7, 11) is 0. The van der Waals surface area contributed by atoms with Crippen molar-refractivity contribution in [1.29, 1.82) is 0 Å². The molecule has 34 heavy (non-hydrogen) atoms. The fourth-order valence-electron chi connectivity index (χ4n) is 9.10. The Morgan fingerprint density at radius 1 is 1.09 bits per heavy atom. The maximum atomic E-state index is 12.9. The standard InChI is InChI=1S/C30H38O4/c1-19(31)24-8-9-26-23-7-6-21-17-22(32)11-14-29(21,2)25(23)12-15-30(24,26)13-3-4-20-5-10-27-28(16-20)34-18-33-27/h5-6,10,16,23-26H,3-4,7-9,11-15,17-18H2,1-2H3/t23-,24-,25-,26+,29-,30-/m1/s1. The Hall–Kier alpha value is -2.10. The third-order valence-corrected chi connectivity index (χ3v) is 10.7. The Morgan fingerprint density at radius 2 is 1.94 bits per heavy atom. The highest BCUT2D eigenvalue weighted by Gasteiger charge is 2.60. The maximum absolute atomic E-state index is 12.9. The number of allylic oxidation sites excluding steroid dienone is 2. The molecule has 3 fully saturated rings. The zero-order chi connectivity index (χ0) is 23.5. The summed E-state index contributed by atoms with van der Waals surface area (Å²) in [6.07, 6.45) is 14.0. The molecule has 1 heterocycles. The molecular weight excluding hydrogens is 424 g/mol. The zero-order valence-electron chi connectivity index (χ0n) is 20.7. The summed E-state index contributed by atoms with van der Waals surface area (Å²) < 4.78 is 11.0. The Labute approximate surface area is 203 Å². The second-order valence-electron chi connectivity index (χ2n) is 12.0. The van der Waals surface area contributed by atoms with Crippen LogP contribution in [0.3, 0.4) is 0 Å². The monoisotopic (exact) mass is 462 g/mol. The average Bonchev–Trinajstić information content (AvgIpc) is 3.44.